The van der Waals surface area contributed by atoms with Crippen LogP contribution in [0.25, 0.3) is 0 Å². The summed E-state index contributed by atoms with van der Waals surface area (Å²) in [5, 5.41) is 13.1. The molecule has 0 radical (unpaired) electrons. The second-order valence-electron chi connectivity index (χ2n) is 8.36. The smallest absolute Gasteiger partial charge is 0.258 e. The second kappa shape index (κ2) is 8.72. The summed E-state index contributed by atoms with van der Waals surface area (Å²) in [6.07, 6.45) is 4.80. The molecule has 2 fully saturated rings. The van der Waals surface area contributed by atoms with Gasteiger partial charge in [0, 0.05) is 10.9 Å². The number of para-hydroxylation sites is 1. The predicted molar refractivity (Wildman–Crippen MR) is 120 cm³/mol. The van der Waals surface area contributed by atoms with E-state index in [0.717, 1.165) is 36.1 Å². The summed E-state index contributed by atoms with van der Waals surface area (Å²) in [5.41, 5.74) is 1.88. The number of carbonyl (C=O) groups excluding carboxylic acids is 2. The number of hydrogen-bond acceptors (Lipinski definition) is 5. The van der Waals surface area contributed by atoms with E-state index in [-0.39, 0.29) is 17.9 Å². The number of benzene rings is 1. The molecule has 2 amide bonds. The molecule has 3 atom stereocenters. The van der Waals surface area contributed by atoms with Gasteiger partial charge in [-0.3, -0.25) is 9.59 Å². The number of aryl methyl sites for hydroxylation is 1. The van der Waals surface area contributed by atoms with E-state index in [1.54, 1.807) is 24.1 Å². The Morgan fingerprint density at radius 1 is 1.23 bits per heavy atom. The van der Waals surface area contributed by atoms with Crippen LogP contribution in [0.1, 0.15) is 58.5 Å². The van der Waals surface area contributed by atoms with Crippen molar-refractivity contribution in [3.8, 4) is 11.8 Å². The topological polar surface area (TPSA) is 82.4 Å². The van der Waals surface area contributed by atoms with Crippen molar-refractivity contribution in [3.63, 3.8) is 0 Å². The molecule has 1 aliphatic carbocycles. The number of nitrogens with zero attached hydrogens (tertiary/aromatic N) is 2. The monoisotopic (exact) mass is 437 g/mol. The number of amides is 2. The third-order valence-corrected chi connectivity index (χ3v) is 7.82. The summed E-state index contributed by atoms with van der Waals surface area (Å²) in [6, 6.07) is 8.88. The minimum atomic E-state index is -0.556. The fourth-order valence-electron chi connectivity index (χ4n) is 4.99. The van der Waals surface area contributed by atoms with Crippen LogP contribution in [0.2, 0.25) is 0 Å². The summed E-state index contributed by atoms with van der Waals surface area (Å²) < 4.78 is 5.42. The molecule has 2 heterocycles. The molecule has 7 heteroatoms. The molecule has 1 N–H and O–H groups in total. The van der Waals surface area contributed by atoms with E-state index >= 15 is 0 Å². The number of carbonyl (C=O) groups is 2. The van der Waals surface area contributed by atoms with Gasteiger partial charge in [0.15, 0.2) is 0 Å². The Hall–Kier alpha value is -2.85. The number of methoxy groups -OCH3 is 1. The Morgan fingerprint density at radius 2 is 1.97 bits per heavy atom. The van der Waals surface area contributed by atoms with Gasteiger partial charge in [0.2, 0.25) is 5.91 Å². The summed E-state index contributed by atoms with van der Waals surface area (Å²) in [7, 11) is 1.55. The molecule has 31 heavy (non-hydrogen) atoms. The predicted octanol–water partition coefficient (Wildman–Crippen LogP) is 4.66. The average molecular weight is 438 g/mol. The van der Waals surface area contributed by atoms with Gasteiger partial charge in [0.25, 0.3) is 5.91 Å². The van der Waals surface area contributed by atoms with Crippen LogP contribution in [0.3, 0.4) is 0 Å². The van der Waals surface area contributed by atoms with Crippen molar-refractivity contribution in [3.05, 3.63) is 45.8 Å². The summed E-state index contributed by atoms with van der Waals surface area (Å²) in [5.74, 6) is 0.467. The molecule has 1 saturated carbocycles. The number of anilines is 1. The van der Waals surface area contributed by atoms with E-state index in [9.17, 15) is 14.9 Å². The summed E-state index contributed by atoms with van der Waals surface area (Å²) >= 11 is 1.41. The number of nitrogens with one attached hydrogen (secondary N) is 1. The van der Waals surface area contributed by atoms with Crippen LogP contribution in [0, 0.1) is 31.1 Å². The molecule has 0 unspecified atom stereocenters. The van der Waals surface area contributed by atoms with E-state index < -0.39 is 6.04 Å². The van der Waals surface area contributed by atoms with Gasteiger partial charge in [-0.25, -0.2) is 0 Å². The van der Waals surface area contributed by atoms with Crippen molar-refractivity contribution in [1.29, 1.82) is 5.26 Å². The lowest BCUT2D eigenvalue weighted by Crippen LogP contribution is -2.47. The van der Waals surface area contributed by atoms with E-state index in [2.05, 4.69) is 11.4 Å². The number of hydrogen-bond donors (Lipinski definition) is 1. The Bertz CT molecular complexity index is 1050. The molecule has 2 aliphatic rings. The van der Waals surface area contributed by atoms with Gasteiger partial charge in [-0.15, -0.1) is 11.3 Å². The lowest BCUT2D eigenvalue weighted by atomic mass is 9.84. The van der Waals surface area contributed by atoms with Crippen LogP contribution in [-0.2, 0) is 4.79 Å². The number of ether oxygens (including phenoxy) is 1. The highest BCUT2D eigenvalue weighted by Crippen LogP contribution is 2.42. The van der Waals surface area contributed by atoms with Crippen molar-refractivity contribution in [2.24, 2.45) is 5.92 Å². The zero-order valence-corrected chi connectivity index (χ0v) is 18.9. The second-order valence-corrected chi connectivity index (χ2v) is 9.59. The van der Waals surface area contributed by atoms with E-state index in [4.69, 9.17) is 4.74 Å². The molecule has 0 spiro atoms. The first-order valence-corrected chi connectivity index (χ1v) is 11.5. The normalized spacial score (nSPS) is 22.5. The van der Waals surface area contributed by atoms with Gasteiger partial charge in [0.1, 0.15) is 22.9 Å². The first-order chi connectivity index (χ1) is 15.0. The number of fused-ring (bicyclic) bond motifs is 1. The fourth-order valence-corrected chi connectivity index (χ4v) is 6.01. The Balaban J connectivity index is 1.66. The maximum absolute atomic E-state index is 13.6. The van der Waals surface area contributed by atoms with Crippen LogP contribution in [0.15, 0.2) is 24.3 Å². The first-order valence-electron chi connectivity index (χ1n) is 10.7. The average Bonchev–Trinajstić information content (AvgIpc) is 3.30. The van der Waals surface area contributed by atoms with Crippen molar-refractivity contribution in [2.75, 3.05) is 12.4 Å². The zero-order chi connectivity index (χ0) is 22.1. The molecule has 4 rings (SSSR count). The van der Waals surface area contributed by atoms with Crippen LogP contribution in [0.4, 0.5) is 5.00 Å². The Kier molecular flexibility index (Phi) is 6.01. The maximum Gasteiger partial charge on any atom is 0.258 e. The van der Waals surface area contributed by atoms with Gasteiger partial charge >= 0.3 is 0 Å². The maximum atomic E-state index is 13.6. The van der Waals surface area contributed by atoms with Crippen molar-refractivity contribution in [2.45, 2.75) is 58.0 Å². The quantitative estimate of drug-likeness (QED) is 0.754. The number of rotatable bonds is 4. The van der Waals surface area contributed by atoms with Gasteiger partial charge in [-0.1, -0.05) is 25.0 Å². The molecule has 1 aromatic carbocycles. The summed E-state index contributed by atoms with van der Waals surface area (Å²) in [6.45, 7) is 3.83. The SMILES string of the molecule is COc1ccccc1C(=O)N1[C@@H]2CCCC[C@@H]2C[C@H]1C(=O)Nc1sc(C)c(C)c1C#N. The minimum Gasteiger partial charge on any atom is -0.496 e. The number of nitriles is 1. The summed E-state index contributed by atoms with van der Waals surface area (Å²) in [4.78, 5) is 29.9. The van der Waals surface area contributed by atoms with E-state index in [0.29, 0.717) is 34.2 Å². The van der Waals surface area contributed by atoms with E-state index in [1.807, 2.05) is 26.0 Å². The standard InChI is InChI=1S/C24H27N3O3S/c1-14-15(2)31-23(18(14)13-25)26-22(28)20-12-16-8-4-6-10-19(16)27(20)24(29)17-9-5-7-11-21(17)30-3/h5,7,9,11,16,19-20H,4,6,8,10,12H2,1-3H3,(H,26,28)/t16-,19-,20+/m1/s1. The van der Waals surface area contributed by atoms with Crippen LogP contribution >= 0.6 is 11.3 Å². The van der Waals surface area contributed by atoms with Crippen LogP contribution in [-0.4, -0.2) is 35.9 Å². The molecule has 0 bridgehead atoms. The third-order valence-electron chi connectivity index (χ3n) is 6.70. The minimum absolute atomic E-state index is 0.0594. The molecule has 2 aromatic rings. The van der Waals surface area contributed by atoms with Crippen molar-refractivity contribution < 1.29 is 14.3 Å². The molecule has 162 valence electrons. The molecular formula is C24H27N3O3S. The Labute approximate surface area is 186 Å². The third kappa shape index (κ3) is 3.81. The van der Waals surface area contributed by atoms with Crippen molar-refractivity contribution in [1.82, 2.24) is 4.90 Å². The van der Waals surface area contributed by atoms with Crippen LogP contribution < -0.4 is 10.1 Å². The highest BCUT2D eigenvalue weighted by molar-refractivity contribution is 7.16. The molecular weight excluding hydrogens is 410 g/mol. The lowest BCUT2D eigenvalue weighted by Gasteiger charge is -2.34. The van der Waals surface area contributed by atoms with Gasteiger partial charge in [0.05, 0.1) is 18.2 Å². The number of likely N-dealkylation sites (tertiary alicyclic amines) is 1. The highest BCUT2D eigenvalue weighted by atomic mass is 32.1. The van der Waals surface area contributed by atoms with Crippen molar-refractivity contribution >= 4 is 28.2 Å². The fraction of sp³-hybridized carbons (Fsp3) is 0.458. The zero-order valence-electron chi connectivity index (χ0n) is 18.1. The van der Waals surface area contributed by atoms with Gasteiger partial charge in [-0.2, -0.15) is 5.26 Å². The highest BCUT2D eigenvalue weighted by Gasteiger charge is 2.48. The first kappa shape index (κ1) is 21.4. The number of thiophene rings is 1. The molecule has 1 saturated heterocycles. The Morgan fingerprint density at radius 3 is 2.71 bits per heavy atom. The molecule has 6 nitrogen and oxygen atoms in total. The lowest BCUT2D eigenvalue weighted by molar-refractivity contribution is -0.120. The van der Waals surface area contributed by atoms with Gasteiger partial charge < -0.3 is 15.0 Å². The largest absolute Gasteiger partial charge is 0.496 e. The van der Waals surface area contributed by atoms with Gasteiger partial charge in [-0.05, 0) is 56.7 Å². The van der Waals surface area contributed by atoms with Crippen LogP contribution in [0.5, 0.6) is 5.75 Å². The van der Waals surface area contributed by atoms with E-state index in [1.165, 1.54) is 11.3 Å². The molecule has 1 aromatic heterocycles. The molecule has 1 aliphatic heterocycles.